The second kappa shape index (κ2) is 4.48. The molecule has 0 radical (unpaired) electrons. The summed E-state index contributed by atoms with van der Waals surface area (Å²) in [7, 11) is 0. The summed E-state index contributed by atoms with van der Waals surface area (Å²) in [6.07, 6.45) is 1.79. The van der Waals surface area contributed by atoms with Gasteiger partial charge in [0, 0.05) is 31.4 Å². The van der Waals surface area contributed by atoms with E-state index in [4.69, 9.17) is 11.6 Å². The highest BCUT2D eigenvalue weighted by atomic mass is 35.5. The third-order valence-corrected chi connectivity index (χ3v) is 4.89. The molecule has 2 fully saturated rings. The van der Waals surface area contributed by atoms with Crippen molar-refractivity contribution in [1.29, 1.82) is 0 Å². The standard InChI is InChI=1S/C14H20ClN3/c1-14(2)12-7-16-6-11(12)9-18(14)8-10-3-4-17-13(15)5-10/h3-5,11-12,16H,6-9H2,1-2H3. The lowest BCUT2D eigenvalue weighted by atomic mass is 9.85. The van der Waals surface area contributed by atoms with Crippen LogP contribution >= 0.6 is 11.6 Å². The summed E-state index contributed by atoms with van der Waals surface area (Å²) >= 11 is 5.96. The topological polar surface area (TPSA) is 28.2 Å². The van der Waals surface area contributed by atoms with Gasteiger partial charge in [0.15, 0.2) is 0 Å². The van der Waals surface area contributed by atoms with Crippen LogP contribution in [0, 0.1) is 11.8 Å². The first-order valence-electron chi connectivity index (χ1n) is 6.63. The second-order valence-electron chi connectivity index (χ2n) is 6.05. The van der Waals surface area contributed by atoms with Crippen molar-refractivity contribution < 1.29 is 0 Å². The number of nitrogens with zero attached hydrogens (tertiary/aromatic N) is 2. The molecule has 1 aromatic rings. The van der Waals surface area contributed by atoms with Crippen LogP contribution in [0.5, 0.6) is 0 Å². The minimum atomic E-state index is 0.268. The quantitative estimate of drug-likeness (QED) is 0.831. The molecule has 0 bridgehead atoms. The molecular formula is C14H20ClN3. The van der Waals surface area contributed by atoms with Crippen LogP contribution in [0.25, 0.3) is 0 Å². The lowest BCUT2D eigenvalue weighted by molar-refractivity contribution is 0.132. The summed E-state index contributed by atoms with van der Waals surface area (Å²) in [5, 5.41) is 4.10. The van der Waals surface area contributed by atoms with Crippen LogP contribution in [0.15, 0.2) is 18.3 Å². The van der Waals surface area contributed by atoms with E-state index in [1.54, 1.807) is 6.20 Å². The number of nitrogens with one attached hydrogen (secondary N) is 1. The zero-order valence-electron chi connectivity index (χ0n) is 11.0. The molecule has 98 valence electrons. The Hall–Kier alpha value is -0.640. The molecular weight excluding hydrogens is 246 g/mol. The number of aromatic nitrogens is 1. The van der Waals surface area contributed by atoms with Gasteiger partial charge in [0.1, 0.15) is 5.15 Å². The van der Waals surface area contributed by atoms with E-state index >= 15 is 0 Å². The zero-order chi connectivity index (χ0) is 12.8. The Kier molecular flexibility index (Phi) is 3.08. The highest BCUT2D eigenvalue weighted by Crippen LogP contribution is 2.41. The molecule has 3 heterocycles. The number of halogens is 1. The molecule has 2 atom stereocenters. The van der Waals surface area contributed by atoms with E-state index in [0.29, 0.717) is 5.15 Å². The Labute approximate surface area is 114 Å². The van der Waals surface area contributed by atoms with Crippen LogP contribution in [0.4, 0.5) is 0 Å². The van der Waals surface area contributed by atoms with Gasteiger partial charge in [-0.15, -0.1) is 0 Å². The lowest BCUT2D eigenvalue weighted by Gasteiger charge is -2.35. The first-order chi connectivity index (χ1) is 8.57. The SMILES string of the molecule is CC1(C)C2CNCC2CN1Cc1ccnc(Cl)c1. The zero-order valence-corrected chi connectivity index (χ0v) is 11.7. The number of pyridine rings is 1. The molecule has 0 saturated carbocycles. The Bertz CT molecular complexity index is 446. The van der Waals surface area contributed by atoms with Crippen molar-refractivity contribution in [2.45, 2.75) is 25.9 Å². The monoisotopic (exact) mass is 265 g/mol. The highest BCUT2D eigenvalue weighted by molar-refractivity contribution is 6.29. The summed E-state index contributed by atoms with van der Waals surface area (Å²) in [5.74, 6) is 1.58. The van der Waals surface area contributed by atoms with Crippen LogP contribution in [0.2, 0.25) is 5.15 Å². The largest absolute Gasteiger partial charge is 0.316 e. The number of likely N-dealkylation sites (tertiary alicyclic amines) is 1. The van der Waals surface area contributed by atoms with Crippen LogP contribution in [-0.4, -0.2) is 35.1 Å². The smallest absolute Gasteiger partial charge is 0.129 e. The maximum absolute atomic E-state index is 5.96. The number of hydrogen-bond acceptors (Lipinski definition) is 3. The summed E-state index contributed by atoms with van der Waals surface area (Å²) in [6, 6.07) is 4.04. The maximum atomic E-state index is 5.96. The minimum Gasteiger partial charge on any atom is -0.316 e. The van der Waals surface area contributed by atoms with Gasteiger partial charge >= 0.3 is 0 Å². The van der Waals surface area contributed by atoms with Gasteiger partial charge in [-0.1, -0.05) is 11.6 Å². The van der Waals surface area contributed by atoms with Gasteiger partial charge in [-0.25, -0.2) is 4.98 Å². The van der Waals surface area contributed by atoms with Crippen LogP contribution in [-0.2, 0) is 6.54 Å². The minimum absolute atomic E-state index is 0.268. The normalized spacial score (nSPS) is 30.6. The van der Waals surface area contributed by atoms with Gasteiger partial charge in [0.05, 0.1) is 0 Å². The number of rotatable bonds is 2. The Morgan fingerprint density at radius 2 is 2.33 bits per heavy atom. The predicted octanol–water partition coefficient (Wildman–Crippen LogP) is 2.16. The highest BCUT2D eigenvalue weighted by Gasteiger charge is 2.49. The molecule has 3 rings (SSSR count). The van der Waals surface area contributed by atoms with Crippen molar-refractivity contribution in [1.82, 2.24) is 15.2 Å². The molecule has 4 heteroatoms. The van der Waals surface area contributed by atoms with Crippen molar-refractivity contribution in [3.63, 3.8) is 0 Å². The van der Waals surface area contributed by atoms with E-state index in [2.05, 4.69) is 35.1 Å². The van der Waals surface area contributed by atoms with E-state index in [9.17, 15) is 0 Å². The Morgan fingerprint density at radius 1 is 1.50 bits per heavy atom. The predicted molar refractivity (Wildman–Crippen MR) is 73.6 cm³/mol. The molecule has 3 nitrogen and oxygen atoms in total. The molecule has 1 aromatic heterocycles. The van der Waals surface area contributed by atoms with Gasteiger partial charge in [-0.2, -0.15) is 0 Å². The lowest BCUT2D eigenvalue weighted by Crippen LogP contribution is -2.43. The summed E-state index contributed by atoms with van der Waals surface area (Å²) in [5.41, 5.74) is 1.53. The van der Waals surface area contributed by atoms with Gasteiger partial charge in [-0.05, 0) is 49.9 Å². The van der Waals surface area contributed by atoms with Crippen molar-refractivity contribution in [2.75, 3.05) is 19.6 Å². The van der Waals surface area contributed by atoms with E-state index in [0.717, 1.165) is 24.9 Å². The maximum Gasteiger partial charge on any atom is 0.129 e. The first-order valence-corrected chi connectivity index (χ1v) is 7.01. The van der Waals surface area contributed by atoms with Gasteiger partial charge in [-0.3, -0.25) is 4.90 Å². The average molecular weight is 266 g/mol. The molecule has 2 aliphatic heterocycles. The summed E-state index contributed by atoms with van der Waals surface area (Å²) in [4.78, 5) is 6.64. The molecule has 1 N–H and O–H groups in total. The third-order valence-electron chi connectivity index (χ3n) is 4.68. The Balaban J connectivity index is 1.77. The van der Waals surface area contributed by atoms with E-state index < -0.39 is 0 Å². The van der Waals surface area contributed by atoms with Gasteiger partial charge in [0.2, 0.25) is 0 Å². The molecule has 0 spiro atoms. The second-order valence-corrected chi connectivity index (χ2v) is 6.43. The fraction of sp³-hybridized carbons (Fsp3) is 0.643. The van der Waals surface area contributed by atoms with Crippen molar-refractivity contribution in [2.24, 2.45) is 11.8 Å². The molecule has 0 aromatic carbocycles. The molecule has 2 unspecified atom stereocenters. The van der Waals surface area contributed by atoms with Gasteiger partial charge in [0.25, 0.3) is 0 Å². The third kappa shape index (κ3) is 2.04. The van der Waals surface area contributed by atoms with Crippen LogP contribution in [0.3, 0.4) is 0 Å². The molecule has 18 heavy (non-hydrogen) atoms. The average Bonchev–Trinajstić information content (AvgIpc) is 2.84. The summed E-state index contributed by atoms with van der Waals surface area (Å²) in [6.45, 7) is 9.22. The van der Waals surface area contributed by atoms with Crippen LogP contribution in [0.1, 0.15) is 19.4 Å². The first kappa shape index (κ1) is 12.4. The van der Waals surface area contributed by atoms with E-state index in [1.807, 2.05) is 6.07 Å². The van der Waals surface area contributed by atoms with E-state index in [-0.39, 0.29) is 5.54 Å². The molecule has 2 aliphatic rings. The Morgan fingerprint density at radius 3 is 3.06 bits per heavy atom. The van der Waals surface area contributed by atoms with Crippen molar-refractivity contribution in [3.8, 4) is 0 Å². The molecule has 2 saturated heterocycles. The number of fused-ring (bicyclic) bond motifs is 1. The van der Waals surface area contributed by atoms with Crippen LogP contribution < -0.4 is 5.32 Å². The molecule has 0 amide bonds. The van der Waals surface area contributed by atoms with Crippen molar-refractivity contribution in [3.05, 3.63) is 29.0 Å². The summed E-state index contributed by atoms with van der Waals surface area (Å²) < 4.78 is 0. The number of hydrogen-bond donors (Lipinski definition) is 1. The fourth-order valence-corrected chi connectivity index (χ4v) is 3.73. The van der Waals surface area contributed by atoms with E-state index in [1.165, 1.54) is 18.7 Å². The fourth-order valence-electron chi connectivity index (χ4n) is 3.53. The van der Waals surface area contributed by atoms with Gasteiger partial charge < -0.3 is 5.32 Å². The van der Waals surface area contributed by atoms with Crippen molar-refractivity contribution >= 4 is 11.6 Å². The molecule has 0 aliphatic carbocycles.